The number of para-hydroxylation sites is 1. The summed E-state index contributed by atoms with van der Waals surface area (Å²) in [4.78, 5) is 0. The molecule has 0 radical (unpaired) electrons. The first-order valence-corrected chi connectivity index (χ1v) is 5.71. The molecule has 2 heteroatoms. The van der Waals surface area contributed by atoms with E-state index < -0.39 is 0 Å². The summed E-state index contributed by atoms with van der Waals surface area (Å²) >= 11 is 0. The molecular weight excluding hydrogens is 198 g/mol. The topological polar surface area (TPSA) is 25.2 Å². The van der Waals surface area contributed by atoms with E-state index in [9.17, 15) is 0 Å². The van der Waals surface area contributed by atoms with E-state index in [0.717, 1.165) is 6.42 Å². The van der Waals surface area contributed by atoms with E-state index >= 15 is 0 Å². The van der Waals surface area contributed by atoms with Gasteiger partial charge in [-0.3, -0.25) is 0 Å². The molecule has 0 aliphatic carbocycles. The standard InChI is InChI=1S/C14H19NO/c1-14(2,8-9-16)12-10-15(3)13-7-5-4-6-11(12)13/h4-7,10,16H,8-9H2,1-3H3. The summed E-state index contributed by atoms with van der Waals surface area (Å²) in [6.07, 6.45) is 2.97. The first-order chi connectivity index (χ1) is 7.56. The van der Waals surface area contributed by atoms with Crippen molar-refractivity contribution >= 4 is 10.9 Å². The Morgan fingerprint density at radius 1 is 1.25 bits per heavy atom. The van der Waals surface area contributed by atoms with Gasteiger partial charge in [-0.2, -0.15) is 0 Å². The number of hydrogen-bond donors (Lipinski definition) is 1. The second-order valence-corrected chi connectivity index (χ2v) is 5.03. The van der Waals surface area contributed by atoms with Crippen molar-refractivity contribution in [3.05, 3.63) is 36.0 Å². The maximum atomic E-state index is 9.14. The fourth-order valence-electron chi connectivity index (χ4n) is 2.30. The molecule has 1 heterocycles. The number of aryl methyl sites for hydroxylation is 1. The number of hydrogen-bond acceptors (Lipinski definition) is 1. The molecule has 0 spiro atoms. The zero-order valence-electron chi connectivity index (χ0n) is 10.2. The van der Waals surface area contributed by atoms with Crippen molar-refractivity contribution in [1.29, 1.82) is 0 Å². The van der Waals surface area contributed by atoms with Crippen LogP contribution >= 0.6 is 0 Å². The van der Waals surface area contributed by atoms with Crippen LogP contribution in [0.15, 0.2) is 30.5 Å². The molecule has 0 saturated heterocycles. The highest BCUT2D eigenvalue weighted by atomic mass is 16.3. The van der Waals surface area contributed by atoms with Gasteiger partial charge in [-0.15, -0.1) is 0 Å². The highest BCUT2D eigenvalue weighted by molar-refractivity contribution is 5.84. The molecule has 0 atom stereocenters. The van der Waals surface area contributed by atoms with Crippen molar-refractivity contribution in [2.24, 2.45) is 7.05 Å². The Bertz CT molecular complexity index is 496. The van der Waals surface area contributed by atoms with E-state index in [0.29, 0.717) is 0 Å². The molecule has 0 fully saturated rings. The van der Waals surface area contributed by atoms with Gasteiger partial charge in [0.15, 0.2) is 0 Å². The number of benzene rings is 1. The van der Waals surface area contributed by atoms with Gasteiger partial charge in [-0.1, -0.05) is 32.0 Å². The summed E-state index contributed by atoms with van der Waals surface area (Å²) in [5, 5.41) is 10.4. The second-order valence-electron chi connectivity index (χ2n) is 5.03. The second kappa shape index (κ2) is 3.95. The fourth-order valence-corrected chi connectivity index (χ4v) is 2.30. The molecule has 2 rings (SSSR count). The van der Waals surface area contributed by atoms with Crippen LogP contribution in [0.5, 0.6) is 0 Å². The molecule has 1 aromatic carbocycles. The van der Waals surface area contributed by atoms with Crippen LogP contribution in [-0.4, -0.2) is 16.3 Å². The van der Waals surface area contributed by atoms with Gasteiger partial charge in [-0.25, -0.2) is 0 Å². The average molecular weight is 217 g/mol. The van der Waals surface area contributed by atoms with Gasteiger partial charge in [0.05, 0.1) is 0 Å². The van der Waals surface area contributed by atoms with Crippen LogP contribution in [-0.2, 0) is 12.5 Å². The predicted octanol–water partition coefficient (Wildman–Crippen LogP) is 2.84. The average Bonchev–Trinajstić information content (AvgIpc) is 2.58. The molecule has 86 valence electrons. The Labute approximate surface area is 96.5 Å². The quantitative estimate of drug-likeness (QED) is 0.840. The number of nitrogens with zero attached hydrogens (tertiary/aromatic N) is 1. The third-order valence-corrected chi connectivity index (χ3v) is 3.36. The van der Waals surface area contributed by atoms with Gasteiger partial charge in [-0.05, 0) is 23.5 Å². The van der Waals surface area contributed by atoms with E-state index in [2.05, 4.69) is 55.9 Å². The third-order valence-electron chi connectivity index (χ3n) is 3.36. The van der Waals surface area contributed by atoms with Crippen LogP contribution in [0, 0.1) is 0 Å². The SMILES string of the molecule is Cn1cc(C(C)(C)CCO)c2ccccc21. The van der Waals surface area contributed by atoms with E-state index in [-0.39, 0.29) is 12.0 Å². The van der Waals surface area contributed by atoms with Crippen LogP contribution in [0.2, 0.25) is 0 Å². The maximum absolute atomic E-state index is 9.14. The molecule has 1 N–H and O–H groups in total. The van der Waals surface area contributed by atoms with Gasteiger partial charge in [0.25, 0.3) is 0 Å². The Morgan fingerprint density at radius 3 is 2.62 bits per heavy atom. The number of fused-ring (bicyclic) bond motifs is 1. The molecule has 0 aliphatic rings. The molecule has 1 aromatic heterocycles. The normalized spacial score (nSPS) is 12.2. The lowest BCUT2D eigenvalue weighted by atomic mass is 9.82. The molecular formula is C14H19NO. The summed E-state index contributed by atoms with van der Waals surface area (Å²) in [7, 11) is 2.07. The van der Waals surface area contributed by atoms with Gasteiger partial charge < -0.3 is 9.67 Å². The van der Waals surface area contributed by atoms with Crippen molar-refractivity contribution < 1.29 is 5.11 Å². The lowest BCUT2D eigenvalue weighted by molar-refractivity contribution is 0.253. The minimum atomic E-state index is 0.0234. The summed E-state index contributed by atoms with van der Waals surface area (Å²) < 4.78 is 2.16. The molecule has 0 aliphatic heterocycles. The molecule has 0 bridgehead atoms. The highest BCUT2D eigenvalue weighted by Gasteiger charge is 2.23. The van der Waals surface area contributed by atoms with E-state index in [1.807, 2.05) is 0 Å². The lowest BCUT2D eigenvalue weighted by Gasteiger charge is -2.23. The molecule has 2 nitrogen and oxygen atoms in total. The molecule has 16 heavy (non-hydrogen) atoms. The molecule has 2 aromatic rings. The van der Waals surface area contributed by atoms with Gasteiger partial charge in [0.2, 0.25) is 0 Å². The summed E-state index contributed by atoms with van der Waals surface area (Å²) in [6, 6.07) is 8.42. The maximum Gasteiger partial charge on any atom is 0.0480 e. The summed E-state index contributed by atoms with van der Waals surface area (Å²) in [6.45, 7) is 4.60. The highest BCUT2D eigenvalue weighted by Crippen LogP contribution is 2.33. The van der Waals surface area contributed by atoms with Crippen LogP contribution in [0.4, 0.5) is 0 Å². The number of aliphatic hydroxyl groups excluding tert-OH is 1. The third kappa shape index (κ3) is 1.74. The zero-order chi connectivity index (χ0) is 11.8. The van der Waals surface area contributed by atoms with Crippen molar-refractivity contribution in [2.45, 2.75) is 25.7 Å². The molecule has 0 saturated carbocycles. The van der Waals surface area contributed by atoms with Gasteiger partial charge in [0, 0.05) is 30.8 Å². The number of aliphatic hydroxyl groups is 1. The van der Waals surface area contributed by atoms with E-state index in [4.69, 9.17) is 5.11 Å². The van der Waals surface area contributed by atoms with Crippen LogP contribution in [0.3, 0.4) is 0 Å². The summed E-state index contributed by atoms with van der Waals surface area (Å²) in [5.41, 5.74) is 2.60. The fraction of sp³-hybridized carbons (Fsp3) is 0.429. The minimum absolute atomic E-state index is 0.0234. The van der Waals surface area contributed by atoms with Crippen LogP contribution in [0.1, 0.15) is 25.8 Å². The first-order valence-electron chi connectivity index (χ1n) is 5.71. The lowest BCUT2D eigenvalue weighted by Crippen LogP contribution is -2.18. The van der Waals surface area contributed by atoms with Crippen molar-refractivity contribution in [3.63, 3.8) is 0 Å². The smallest absolute Gasteiger partial charge is 0.0480 e. The van der Waals surface area contributed by atoms with Gasteiger partial charge >= 0.3 is 0 Å². The predicted molar refractivity (Wildman–Crippen MR) is 67.6 cm³/mol. The Hall–Kier alpha value is -1.28. The van der Waals surface area contributed by atoms with Crippen LogP contribution < -0.4 is 0 Å². The Morgan fingerprint density at radius 2 is 1.94 bits per heavy atom. The Balaban J connectivity index is 2.61. The minimum Gasteiger partial charge on any atom is -0.396 e. The number of rotatable bonds is 3. The monoisotopic (exact) mass is 217 g/mol. The van der Waals surface area contributed by atoms with E-state index in [1.165, 1.54) is 16.5 Å². The largest absolute Gasteiger partial charge is 0.396 e. The molecule has 0 amide bonds. The van der Waals surface area contributed by atoms with E-state index in [1.54, 1.807) is 0 Å². The van der Waals surface area contributed by atoms with Crippen molar-refractivity contribution in [2.75, 3.05) is 6.61 Å². The van der Waals surface area contributed by atoms with Crippen LogP contribution in [0.25, 0.3) is 10.9 Å². The summed E-state index contributed by atoms with van der Waals surface area (Å²) in [5.74, 6) is 0. The number of aromatic nitrogens is 1. The van der Waals surface area contributed by atoms with Crippen molar-refractivity contribution in [1.82, 2.24) is 4.57 Å². The van der Waals surface area contributed by atoms with Gasteiger partial charge in [0.1, 0.15) is 0 Å². The zero-order valence-corrected chi connectivity index (χ0v) is 10.2. The molecule has 0 unspecified atom stereocenters. The van der Waals surface area contributed by atoms with Crippen molar-refractivity contribution in [3.8, 4) is 0 Å². The first kappa shape index (κ1) is 11.2. The Kier molecular flexibility index (Phi) is 2.76.